The van der Waals surface area contributed by atoms with Crippen LogP contribution in [-0.2, 0) is 21.2 Å². The molecule has 7 nitrogen and oxygen atoms in total. The van der Waals surface area contributed by atoms with Crippen LogP contribution in [-0.4, -0.2) is 41.1 Å². The molecule has 3 aromatic carbocycles. The monoisotopic (exact) mass is 516 g/mol. The summed E-state index contributed by atoms with van der Waals surface area (Å²) < 4.78 is 39.0. The predicted molar refractivity (Wildman–Crippen MR) is 138 cm³/mol. The van der Waals surface area contributed by atoms with E-state index >= 15 is 0 Å². The van der Waals surface area contributed by atoms with Crippen LogP contribution in [0, 0.1) is 0 Å². The number of amides is 1. The Hall–Kier alpha value is -3.23. The zero-order valence-corrected chi connectivity index (χ0v) is 21.3. The number of ether oxygens (including phenoxy) is 2. The van der Waals surface area contributed by atoms with E-state index in [1.165, 1.54) is 25.3 Å². The number of hydrogen-bond donors (Lipinski definition) is 1. The van der Waals surface area contributed by atoms with Gasteiger partial charge in [0.05, 0.1) is 24.3 Å². The molecule has 0 radical (unpaired) electrons. The summed E-state index contributed by atoms with van der Waals surface area (Å²) in [6.07, 6.45) is 1.38. The van der Waals surface area contributed by atoms with E-state index in [0.29, 0.717) is 31.0 Å². The minimum absolute atomic E-state index is 0.0577. The summed E-state index contributed by atoms with van der Waals surface area (Å²) in [5, 5.41) is 3.14. The molecule has 0 aliphatic rings. The summed E-state index contributed by atoms with van der Waals surface area (Å²) in [5.41, 5.74) is 1.24. The molecule has 1 N–H and O–H groups in total. The van der Waals surface area contributed by atoms with Gasteiger partial charge >= 0.3 is 0 Å². The van der Waals surface area contributed by atoms with Crippen molar-refractivity contribution < 1.29 is 22.7 Å². The second kappa shape index (κ2) is 12.5. The quantitative estimate of drug-likeness (QED) is 0.353. The summed E-state index contributed by atoms with van der Waals surface area (Å²) >= 11 is 6.16. The molecule has 9 heteroatoms. The van der Waals surface area contributed by atoms with E-state index in [4.69, 9.17) is 21.1 Å². The number of carbonyl (C=O) groups is 1. The fourth-order valence-electron chi connectivity index (χ4n) is 3.58. The molecular formula is C26H29ClN2O5S. The molecule has 0 aliphatic carbocycles. The van der Waals surface area contributed by atoms with Gasteiger partial charge < -0.3 is 14.8 Å². The Labute approximate surface area is 211 Å². The van der Waals surface area contributed by atoms with Crippen LogP contribution in [0.2, 0.25) is 5.02 Å². The first-order chi connectivity index (χ1) is 16.9. The molecule has 1 amide bonds. The molecular weight excluding hydrogens is 488 g/mol. The van der Waals surface area contributed by atoms with Crippen LogP contribution >= 0.6 is 11.6 Å². The number of halogens is 1. The lowest BCUT2D eigenvalue weighted by atomic mass is 10.1. The molecule has 35 heavy (non-hydrogen) atoms. The Kier molecular flexibility index (Phi) is 9.39. The number of para-hydroxylation sites is 1. The molecule has 0 spiro atoms. The fraction of sp³-hybridized carbons (Fsp3) is 0.269. The smallest absolute Gasteiger partial charge is 0.264 e. The minimum atomic E-state index is -4.07. The average Bonchev–Trinajstić information content (AvgIpc) is 2.86. The van der Waals surface area contributed by atoms with Crippen molar-refractivity contribution in [1.29, 1.82) is 0 Å². The second-order valence-electron chi connectivity index (χ2n) is 7.64. The molecule has 0 fully saturated rings. The van der Waals surface area contributed by atoms with E-state index in [-0.39, 0.29) is 16.3 Å². The number of benzene rings is 3. The maximum atomic E-state index is 13.5. The topological polar surface area (TPSA) is 84.9 Å². The molecule has 0 saturated heterocycles. The zero-order valence-electron chi connectivity index (χ0n) is 19.7. The third-order valence-corrected chi connectivity index (χ3v) is 7.25. The van der Waals surface area contributed by atoms with Gasteiger partial charge in [-0.1, -0.05) is 48.0 Å². The number of rotatable bonds is 12. The van der Waals surface area contributed by atoms with Crippen LogP contribution < -0.4 is 19.1 Å². The Morgan fingerprint density at radius 2 is 1.71 bits per heavy atom. The van der Waals surface area contributed by atoms with Gasteiger partial charge in [0.15, 0.2) is 0 Å². The Bertz CT molecular complexity index is 1240. The molecule has 3 rings (SSSR count). The van der Waals surface area contributed by atoms with Crippen molar-refractivity contribution in [3.05, 3.63) is 83.4 Å². The maximum absolute atomic E-state index is 13.5. The van der Waals surface area contributed by atoms with Crippen LogP contribution in [0.25, 0.3) is 0 Å². The van der Waals surface area contributed by atoms with Crippen molar-refractivity contribution in [2.24, 2.45) is 0 Å². The highest BCUT2D eigenvalue weighted by atomic mass is 35.5. The molecule has 186 valence electrons. The number of nitrogens with one attached hydrogen (secondary N) is 1. The summed E-state index contributed by atoms with van der Waals surface area (Å²) in [6.45, 7) is 2.46. The Morgan fingerprint density at radius 3 is 2.43 bits per heavy atom. The van der Waals surface area contributed by atoms with E-state index < -0.39 is 22.5 Å². The molecule has 0 unspecified atom stereocenters. The van der Waals surface area contributed by atoms with E-state index in [1.807, 2.05) is 31.2 Å². The van der Waals surface area contributed by atoms with Gasteiger partial charge in [-0.25, -0.2) is 8.42 Å². The van der Waals surface area contributed by atoms with Crippen molar-refractivity contribution in [3.63, 3.8) is 0 Å². The summed E-state index contributed by atoms with van der Waals surface area (Å²) in [4.78, 5) is 12.9. The standard InChI is InChI=1S/C26H29ClN2O5S/c1-3-34-24-14-8-7-10-20(24)11-9-17-28-26(30)19-29(23-18-21(27)15-16-25(23)33-2)35(31,32)22-12-5-4-6-13-22/h4-8,10,12-16,18H,3,9,11,17,19H2,1-2H3,(H,28,30). The van der Waals surface area contributed by atoms with E-state index in [1.54, 1.807) is 30.3 Å². The molecule has 0 aromatic heterocycles. The van der Waals surface area contributed by atoms with E-state index in [2.05, 4.69) is 5.32 Å². The van der Waals surface area contributed by atoms with Gasteiger partial charge in [-0.05, 0) is 61.7 Å². The number of hydrogen-bond acceptors (Lipinski definition) is 5. The molecule has 3 aromatic rings. The molecule has 0 atom stereocenters. The lowest BCUT2D eigenvalue weighted by molar-refractivity contribution is -0.119. The number of anilines is 1. The van der Waals surface area contributed by atoms with Gasteiger partial charge in [0, 0.05) is 11.6 Å². The lowest BCUT2D eigenvalue weighted by Crippen LogP contribution is -2.41. The number of methoxy groups -OCH3 is 1. The number of aryl methyl sites for hydroxylation is 1. The first-order valence-electron chi connectivity index (χ1n) is 11.3. The van der Waals surface area contributed by atoms with E-state index in [9.17, 15) is 13.2 Å². The summed E-state index contributed by atoms with van der Waals surface area (Å²) in [6, 6.07) is 20.3. The van der Waals surface area contributed by atoms with Crippen LogP contribution in [0.15, 0.2) is 77.7 Å². The van der Waals surface area contributed by atoms with Gasteiger partial charge in [-0.3, -0.25) is 9.10 Å². The molecule has 0 aliphatic heterocycles. The highest BCUT2D eigenvalue weighted by Gasteiger charge is 2.29. The first kappa shape index (κ1) is 26.4. The van der Waals surface area contributed by atoms with Gasteiger partial charge in [-0.15, -0.1) is 0 Å². The Morgan fingerprint density at radius 1 is 1.00 bits per heavy atom. The van der Waals surface area contributed by atoms with Crippen LogP contribution in [0.4, 0.5) is 5.69 Å². The van der Waals surface area contributed by atoms with Crippen LogP contribution in [0.3, 0.4) is 0 Å². The normalized spacial score (nSPS) is 11.1. The van der Waals surface area contributed by atoms with Gasteiger partial charge in [0.25, 0.3) is 10.0 Å². The summed E-state index contributed by atoms with van der Waals surface area (Å²) in [5.74, 6) is 0.674. The van der Waals surface area contributed by atoms with Gasteiger partial charge in [0.2, 0.25) is 5.91 Å². The minimum Gasteiger partial charge on any atom is -0.495 e. The van der Waals surface area contributed by atoms with Crippen molar-refractivity contribution >= 4 is 33.2 Å². The molecule has 0 bridgehead atoms. The fourth-order valence-corrected chi connectivity index (χ4v) is 5.19. The first-order valence-corrected chi connectivity index (χ1v) is 13.1. The van der Waals surface area contributed by atoms with E-state index in [0.717, 1.165) is 15.6 Å². The third kappa shape index (κ3) is 6.90. The van der Waals surface area contributed by atoms with Crippen molar-refractivity contribution in [2.75, 3.05) is 31.1 Å². The zero-order chi connectivity index (χ0) is 25.3. The van der Waals surface area contributed by atoms with Crippen molar-refractivity contribution in [1.82, 2.24) is 5.32 Å². The maximum Gasteiger partial charge on any atom is 0.264 e. The van der Waals surface area contributed by atoms with Crippen LogP contribution in [0.1, 0.15) is 18.9 Å². The highest BCUT2D eigenvalue weighted by molar-refractivity contribution is 7.92. The predicted octanol–water partition coefficient (Wildman–Crippen LogP) is 4.69. The second-order valence-corrected chi connectivity index (χ2v) is 9.93. The number of nitrogens with zero attached hydrogens (tertiary/aromatic N) is 1. The number of sulfonamides is 1. The SMILES string of the molecule is CCOc1ccccc1CCCNC(=O)CN(c1cc(Cl)ccc1OC)S(=O)(=O)c1ccccc1. The lowest BCUT2D eigenvalue weighted by Gasteiger charge is -2.26. The largest absolute Gasteiger partial charge is 0.495 e. The summed E-state index contributed by atoms with van der Waals surface area (Å²) in [7, 11) is -2.64. The average molecular weight is 517 g/mol. The molecule has 0 heterocycles. The third-order valence-electron chi connectivity index (χ3n) is 5.25. The Balaban J connectivity index is 1.75. The molecule has 0 saturated carbocycles. The number of carbonyl (C=O) groups excluding carboxylic acids is 1. The van der Waals surface area contributed by atoms with Crippen molar-refractivity contribution in [2.45, 2.75) is 24.7 Å². The highest BCUT2D eigenvalue weighted by Crippen LogP contribution is 2.34. The van der Waals surface area contributed by atoms with Crippen LogP contribution in [0.5, 0.6) is 11.5 Å². The van der Waals surface area contributed by atoms with Gasteiger partial charge in [0.1, 0.15) is 18.0 Å². The van der Waals surface area contributed by atoms with Crippen molar-refractivity contribution in [3.8, 4) is 11.5 Å². The van der Waals surface area contributed by atoms with Gasteiger partial charge in [-0.2, -0.15) is 0 Å².